The van der Waals surface area contributed by atoms with Gasteiger partial charge in [0.05, 0.1) is 50.8 Å². The molecule has 3 aromatic carbocycles. The van der Waals surface area contributed by atoms with Crippen LogP contribution in [0.1, 0.15) is 109 Å². The molecule has 65 heavy (non-hydrogen) atoms. The van der Waals surface area contributed by atoms with Crippen molar-refractivity contribution in [1.29, 1.82) is 5.26 Å². The van der Waals surface area contributed by atoms with Gasteiger partial charge in [0, 0.05) is 46.6 Å². The first-order chi connectivity index (χ1) is 31.2. The Bertz CT molecular complexity index is 2450. The molecule has 0 amide bonds. The number of hydrogen-bond donors (Lipinski definition) is 1. The van der Waals surface area contributed by atoms with Gasteiger partial charge < -0.3 is 42.6 Å². The van der Waals surface area contributed by atoms with Crippen molar-refractivity contribution >= 4 is 23.9 Å². The zero-order chi connectivity index (χ0) is 46.1. The summed E-state index contributed by atoms with van der Waals surface area (Å²) in [5.41, 5.74) is 5.10. The van der Waals surface area contributed by atoms with Gasteiger partial charge in [0.1, 0.15) is 24.0 Å². The zero-order valence-corrected chi connectivity index (χ0v) is 39.8. The van der Waals surface area contributed by atoms with Crippen molar-refractivity contribution in [1.82, 2.24) is 15.1 Å². The molecule has 1 N–H and O–H groups in total. The summed E-state index contributed by atoms with van der Waals surface area (Å²) in [6.45, 7) is 14.9. The van der Waals surface area contributed by atoms with E-state index in [1.165, 1.54) is 7.11 Å². The Balaban J connectivity index is 1.27. The van der Waals surface area contributed by atoms with E-state index in [2.05, 4.69) is 48.1 Å². The number of hydrogen-bond acceptors (Lipinski definition) is 16. The van der Waals surface area contributed by atoms with Gasteiger partial charge in [0.15, 0.2) is 40.0 Å². The van der Waals surface area contributed by atoms with E-state index in [1.807, 2.05) is 13.8 Å². The van der Waals surface area contributed by atoms with E-state index in [-0.39, 0.29) is 48.8 Å². The maximum atomic E-state index is 15.2. The Morgan fingerprint density at radius 2 is 1.69 bits per heavy atom. The maximum absolute atomic E-state index is 15.2. The topological polar surface area (TPSA) is 160 Å². The van der Waals surface area contributed by atoms with Crippen LogP contribution in [-0.2, 0) is 32.6 Å². The number of nitriles is 1. The second-order valence-electron chi connectivity index (χ2n) is 18.7. The van der Waals surface area contributed by atoms with E-state index >= 15 is 4.79 Å². The predicted octanol–water partition coefficient (Wildman–Crippen LogP) is 7.54. The number of nitrogens with one attached hydrogen (secondary N) is 1. The molecule has 0 radical (unpaired) electrons. The fourth-order valence-corrected chi connectivity index (χ4v) is 12.7. The van der Waals surface area contributed by atoms with Gasteiger partial charge in [0.2, 0.25) is 6.79 Å². The second-order valence-corrected chi connectivity index (χ2v) is 19.8. The molecule has 0 saturated carbocycles. The van der Waals surface area contributed by atoms with E-state index in [4.69, 9.17) is 42.6 Å². The minimum atomic E-state index is -1.35. The van der Waals surface area contributed by atoms with Crippen LogP contribution in [0.3, 0.4) is 0 Å². The third-order valence-corrected chi connectivity index (χ3v) is 15.1. The highest BCUT2D eigenvalue weighted by Gasteiger charge is 2.62. The van der Waals surface area contributed by atoms with Crippen LogP contribution in [0.5, 0.6) is 40.2 Å². The largest absolute Gasteiger partial charge is 0.514 e. The number of fused-ring (bicyclic) bond motifs is 9. The summed E-state index contributed by atoms with van der Waals surface area (Å²) in [6, 6.07) is 6.39. The molecular formula is C49H60N4O11S. The summed E-state index contributed by atoms with van der Waals surface area (Å²) in [6.07, 6.45) is 1.87. The molecule has 10 rings (SSSR count). The fourth-order valence-electron chi connectivity index (χ4n) is 11.1. The molecule has 7 aliphatic heterocycles. The molecule has 2 saturated heterocycles. The lowest BCUT2D eigenvalue weighted by Gasteiger charge is -2.62. The number of piperazine rings is 1. The Morgan fingerprint density at radius 1 is 0.954 bits per heavy atom. The van der Waals surface area contributed by atoms with E-state index < -0.39 is 40.6 Å². The van der Waals surface area contributed by atoms with Crippen LogP contribution in [0.25, 0.3) is 0 Å². The minimum Gasteiger partial charge on any atom is -0.493 e. The van der Waals surface area contributed by atoms with Crippen molar-refractivity contribution in [3.63, 3.8) is 0 Å². The summed E-state index contributed by atoms with van der Waals surface area (Å²) >= 11 is 1.63. The van der Waals surface area contributed by atoms with Crippen LogP contribution in [-0.4, -0.2) is 106 Å². The van der Waals surface area contributed by atoms with Gasteiger partial charge in [-0.1, -0.05) is 19.9 Å². The van der Waals surface area contributed by atoms with Crippen LogP contribution in [0, 0.1) is 25.2 Å². The van der Waals surface area contributed by atoms with Gasteiger partial charge in [-0.15, -0.1) is 11.8 Å². The standard InChI is InChI=1S/C49H60N4O11S/c1-11-15-58-41-26(4)42-44(62-24-61-42)36-32-22-60-46(54)49(29-20-33(56-9)34(19-27(29)13-14-51-49)63-47(55)64-48(5,6)7)23-65-45(37(36)41)39-38-35-28(18-30(52(38)8)31(21-50)53(32)39)17-25(3)40(57-10)43(35)59-16-12-2/h17,19-20,30-32,38-39,45,51H,11-16,18,22-24H2,1-10H3/t30-,31-,32-,38-,39?,45+,49+/m0/s1. The molecule has 7 heterocycles. The highest BCUT2D eigenvalue weighted by Crippen LogP contribution is 2.65. The summed E-state index contributed by atoms with van der Waals surface area (Å²) < 4.78 is 56.0. The van der Waals surface area contributed by atoms with Gasteiger partial charge in [-0.25, -0.2) is 9.59 Å². The normalized spacial score (nSPS) is 26.4. The average Bonchev–Trinajstić information content (AvgIpc) is 3.76. The fraction of sp³-hybridized carbons (Fsp3) is 0.571. The van der Waals surface area contributed by atoms with Crippen LogP contribution in [0.2, 0.25) is 0 Å². The number of thioether (sulfide) groups is 1. The number of nitrogens with zero attached hydrogens (tertiary/aromatic N) is 3. The third kappa shape index (κ3) is 7.28. The molecule has 15 nitrogen and oxygen atoms in total. The molecular weight excluding hydrogens is 853 g/mol. The molecule has 0 aromatic heterocycles. The van der Waals surface area contributed by atoms with Gasteiger partial charge in [-0.05, 0) is 102 Å². The van der Waals surface area contributed by atoms with Crippen LogP contribution in [0.4, 0.5) is 4.79 Å². The molecule has 1 unspecified atom stereocenters. The van der Waals surface area contributed by atoms with Gasteiger partial charge in [0.25, 0.3) is 0 Å². The number of carbonyl (C=O) groups excluding carboxylic acids is 2. The Kier molecular flexibility index (Phi) is 12.0. The van der Waals surface area contributed by atoms with Crippen LogP contribution in [0.15, 0.2) is 18.2 Å². The van der Waals surface area contributed by atoms with E-state index in [0.717, 1.165) is 63.3 Å². The molecule has 4 bridgehead atoms. The first kappa shape index (κ1) is 45.1. The maximum Gasteiger partial charge on any atom is 0.514 e. The number of esters is 1. The number of methoxy groups -OCH3 is 2. The zero-order valence-electron chi connectivity index (χ0n) is 39.0. The highest BCUT2D eigenvalue weighted by molar-refractivity contribution is 7.99. The average molecular weight is 913 g/mol. The number of carbonyl (C=O) groups is 2. The van der Waals surface area contributed by atoms with Gasteiger partial charge >= 0.3 is 12.1 Å². The highest BCUT2D eigenvalue weighted by atomic mass is 32.2. The molecule has 2 fully saturated rings. The van der Waals surface area contributed by atoms with Crippen molar-refractivity contribution in [2.75, 3.05) is 60.2 Å². The minimum absolute atomic E-state index is 0.0270. The number of ether oxygens (including phenoxy) is 9. The summed E-state index contributed by atoms with van der Waals surface area (Å²) in [7, 11) is 5.31. The molecule has 7 atom stereocenters. The lowest BCUT2D eigenvalue weighted by atomic mass is 9.71. The molecule has 16 heteroatoms. The third-order valence-electron chi connectivity index (χ3n) is 13.6. The van der Waals surface area contributed by atoms with Crippen LogP contribution < -0.4 is 38.5 Å². The SMILES string of the molecule is CCCOc1c(C)c2c(c3c1[C@H]1SC[C@]4(NCCc5cc(OC(=O)OC(C)(C)C)c(OC)cc54)C(=O)OC[C@@H]3N3C1[C@@H]1c4c(cc(C)c(OC)c4OCCC)C[C@@H]([C@@H]3C#N)N1C)OCO2. The Hall–Kier alpha value is -5.08. The number of benzene rings is 3. The molecule has 3 aromatic rings. The second kappa shape index (κ2) is 17.3. The number of rotatable bonds is 9. The van der Waals surface area contributed by atoms with Crippen molar-refractivity contribution in [2.45, 2.75) is 121 Å². The van der Waals surface area contributed by atoms with E-state index in [9.17, 15) is 10.1 Å². The Labute approximate surface area is 385 Å². The first-order valence-electron chi connectivity index (χ1n) is 22.7. The Morgan fingerprint density at radius 3 is 2.38 bits per heavy atom. The number of likely N-dealkylation sites (N-methyl/N-ethyl adjacent to an activating group) is 1. The van der Waals surface area contributed by atoms with Crippen molar-refractivity contribution in [3.8, 4) is 46.3 Å². The summed E-state index contributed by atoms with van der Waals surface area (Å²) in [5, 5.41) is 14.6. The van der Waals surface area contributed by atoms with Gasteiger partial charge in [-0.3, -0.25) is 15.1 Å². The van der Waals surface area contributed by atoms with E-state index in [0.29, 0.717) is 55.4 Å². The molecule has 0 aliphatic carbocycles. The molecule has 1 spiro atoms. The molecule has 348 valence electrons. The smallest absolute Gasteiger partial charge is 0.493 e. The van der Waals surface area contributed by atoms with Crippen molar-refractivity contribution in [2.24, 2.45) is 0 Å². The van der Waals surface area contributed by atoms with Crippen molar-refractivity contribution in [3.05, 3.63) is 62.7 Å². The van der Waals surface area contributed by atoms with Crippen molar-refractivity contribution < 1.29 is 52.2 Å². The van der Waals surface area contributed by atoms with Gasteiger partial charge in [-0.2, -0.15) is 5.26 Å². The predicted molar refractivity (Wildman–Crippen MR) is 242 cm³/mol. The molecule has 7 aliphatic rings. The summed E-state index contributed by atoms with van der Waals surface area (Å²) in [5.74, 6) is 3.54. The van der Waals surface area contributed by atoms with Crippen LogP contribution >= 0.6 is 11.8 Å². The lowest BCUT2D eigenvalue weighted by Crippen LogP contribution is -2.69. The first-order valence-corrected chi connectivity index (χ1v) is 23.7. The quantitative estimate of drug-likeness (QED) is 0.166. The van der Waals surface area contributed by atoms with E-state index in [1.54, 1.807) is 51.8 Å². The number of aryl methyl sites for hydroxylation is 1. The summed E-state index contributed by atoms with van der Waals surface area (Å²) in [4.78, 5) is 32.8. The monoisotopic (exact) mass is 912 g/mol. The lowest BCUT2D eigenvalue weighted by molar-refractivity contribution is -0.157.